The number of carbonyl (C=O) groups is 2. The van der Waals surface area contributed by atoms with E-state index in [-0.39, 0.29) is 35.5 Å². The van der Waals surface area contributed by atoms with Crippen molar-refractivity contribution in [1.29, 1.82) is 0 Å². The number of H-pyrrole nitrogens is 1. The van der Waals surface area contributed by atoms with Crippen LogP contribution in [0.25, 0.3) is 5.65 Å². The Morgan fingerprint density at radius 2 is 2.06 bits per heavy atom. The van der Waals surface area contributed by atoms with Crippen LogP contribution in [0, 0.1) is 0 Å². The first-order valence-corrected chi connectivity index (χ1v) is 9.60. The minimum atomic E-state index is -5.08. The number of carbonyl (C=O) groups excluding carboxylic acids is 1. The number of esters is 1. The largest absolute Gasteiger partial charge is 0.490 e. The fourth-order valence-electron chi connectivity index (χ4n) is 3.13. The van der Waals surface area contributed by atoms with Gasteiger partial charge in [-0.25, -0.2) is 19.1 Å². The number of fused-ring (bicyclic) bond motifs is 1. The molecule has 1 fully saturated rings. The third kappa shape index (κ3) is 6.51. The van der Waals surface area contributed by atoms with Crippen LogP contribution in [0.5, 0.6) is 0 Å². The number of β-amino-alcohol motifs (C(OH)–C–C–N with tert-alkyl or cyclic N) is 1. The van der Waals surface area contributed by atoms with Gasteiger partial charge < -0.3 is 20.3 Å². The molecule has 2 atom stereocenters. The number of aromatic nitrogens is 3. The number of rotatable bonds is 6. The molecule has 2 unspecified atom stereocenters. The number of aliphatic carboxylic acids is 1. The van der Waals surface area contributed by atoms with E-state index < -0.39 is 18.1 Å². The molecule has 0 saturated carbocycles. The molecule has 0 aliphatic carbocycles. The summed E-state index contributed by atoms with van der Waals surface area (Å²) < 4.78 is 37.9. The van der Waals surface area contributed by atoms with Crippen LogP contribution in [0.2, 0.25) is 0 Å². The van der Waals surface area contributed by atoms with Crippen LogP contribution in [0.4, 0.5) is 13.2 Å². The molecule has 3 heterocycles. The van der Waals surface area contributed by atoms with Gasteiger partial charge in [0.2, 0.25) is 0 Å². The summed E-state index contributed by atoms with van der Waals surface area (Å²) in [7, 11) is 1.98. The molecule has 2 aromatic rings. The van der Waals surface area contributed by atoms with E-state index in [1.54, 1.807) is 6.92 Å². The van der Waals surface area contributed by atoms with E-state index in [9.17, 15) is 27.9 Å². The molecule has 0 radical (unpaired) electrons. The minimum Gasteiger partial charge on any atom is -0.475 e. The molecule has 14 heteroatoms. The summed E-state index contributed by atoms with van der Waals surface area (Å²) in [5.41, 5.74) is 0.762. The fraction of sp³-hybridized carbons (Fsp3) is 0.556. The lowest BCUT2D eigenvalue weighted by molar-refractivity contribution is -0.192. The lowest BCUT2D eigenvalue weighted by atomic mass is 10.2. The van der Waals surface area contributed by atoms with Gasteiger partial charge in [0.15, 0.2) is 5.65 Å². The lowest BCUT2D eigenvalue weighted by Crippen LogP contribution is -2.35. The van der Waals surface area contributed by atoms with E-state index >= 15 is 0 Å². The molecule has 3 rings (SSSR count). The summed E-state index contributed by atoms with van der Waals surface area (Å²) in [6.45, 7) is 3.73. The summed E-state index contributed by atoms with van der Waals surface area (Å²) in [6, 6.07) is 1.68. The van der Waals surface area contributed by atoms with Crippen molar-refractivity contribution in [3.05, 3.63) is 33.9 Å². The number of aliphatic hydroxyl groups is 1. The maximum atomic E-state index is 12.2. The molecule has 178 valence electrons. The zero-order valence-corrected chi connectivity index (χ0v) is 17.3. The van der Waals surface area contributed by atoms with Crippen LogP contribution < -0.4 is 10.9 Å². The highest BCUT2D eigenvalue weighted by Crippen LogP contribution is 2.15. The Morgan fingerprint density at radius 1 is 1.41 bits per heavy atom. The van der Waals surface area contributed by atoms with E-state index in [1.807, 2.05) is 7.05 Å². The number of carboxylic acid groups (broad SMARTS) is 1. The number of ether oxygens (including phenoxy) is 1. The number of nitrogens with zero attached hydrogens (tertiary/aromatic N) is 3. The van der Waals surface area contributed by atoms with Gasteiger partial charge in [-0.1, -0.05) is 0 Å². The molecule has 0 spiro atoms. The van der Waals surface area contributed by atoms with Gasteiger partial charge in [-0.2, -0.15) is 13.2 Å². The van der Waals surface area contributed by atoms with E-state index in [4.69, 9.17) is 14.6 Å². The third-order valence-electron chi connectivity index (χ3n) is 4.64. The average Bonchev–Trinajstić information content (AvgIpc) is 3.25. The highest BCUT2D eigenvalue weighted by molar-refractivity contribution is 5.95. The van der Waals surface area contributed by atoms with E-state index in [0.29, 0.717) is 25.3 Å². The SMILES string of the molecule is CCOC(=O)c1c[nH]n2c(=O)cc(CNCC3CC(O)CN3C)nc12.O=C(O)C(F)(F)F. The van der Waals surface area contributed by atoms with Crippen molar-refractivity contribution >= 4 is 17.6 Å². The van der Waals surface area contributed by atoms with Crippen LogP contribution in [0.15, 0.2) is 17.1 Å². The van der Waals surface area contributed by atoms with Gasteiger partial charge in [-0.05, 0) is 20.4 Å². The summed E-state index contributed by atoms with van der Waals surface area (Å²) in [5, 5.41) is 22.8. The number of alkyl halides is 3. The van der Waals surface area contributed by atoms with Crippen molar-refractivity contribution in [2.75, 3.05) is 26.7 Å². The number of hydrogen-bond donors (Lipinski definition) is 4. The van der Waals surface area contributed by atoms with Gasteiger partial charge in [0.05, 0.1) is 18.4 Å². The molecule has 0 amide bonds. The fourth-order valence-corrected chi connectivity index (χ4v) is 3.13. The Hall–Kier alpha value is -2.97. The lowest BCUT2D eigenvalue weighted by Gasteiger charge is -2.19. The van der Waals surface area contributed by atoms with Crippen LogP contribution in [0.1, 0.15) is 29.4 Å². The summed E-state index contributed by atoms with van der Waals surface area (Å²) in [4.78, 5) is 39.5. The molecule has 2 aromatic heterocycles. The summed E-state index contributed by atoms with van der Waals surface area (Å²) >= 11 is 0. The Bertz CT molecular complexity index is 1010. The van der Waals surface area contributed by atoms with Crippen molar-refractivity contribution in [3.8, 4) is 0 Å². The van der Waals surface area contributed by atoms with Gasteiger partial charge in [0.1, 0.15) is 5.56 Å². The number of likely N-dealkylation sites (N-methyl/N-ethyl adjacent to an activating group) is 1. The monoisotopic (exact) mass is 463 g/mol. The Labute approximate surface area is 179 Å². The Balaban J connectivity index is 0.000000451. The quantitative estimate of drug-likeness (QED) is 0.434. The second-order valence-corrected chi connectivity index (χ2v) is 7.07. The molecular weight excluding hydrogens is 439 g/mol. The van der Waals surface area contributed by atoms with Gasteiger partial charge in [0.25, 0.3) is 5.56 Å². The molecule has 0 aromatic carbocycles. The van der Waals surface area contributed by atoms with Crippen molar-refractivity contribution in [2.45, 2.75) is 38.2 Å². The Morgan fingerprint density at radius 3 is 2.59 bits per heavy atom. The highest BCUT2D eigenvalue weighted by Gasteiger charge is 2.38. The van der Waals surface area contributed by atoms with Gasteiger partial charge in [-0.15, -0.1) is 0 Å². The summed E-state index contributed by atoms with van der Waals surface area (Å²) in [5.74, 6) is -3.27. The zero-order valence-electron chi connectivity index (χ0n) is 17.3. The standard InChI is InChI=1S/C16H23N5O4.C2HF3O2/c1-3-25-16(24)13-8-18-21-14(23)4-10(19-15(13)21)6-17-7-11-5-12(22)9-20(11)2;3-2(4,5)1(6)7/h4,8,11-12,17-18,22H,3,5-7,9H2,1-2H3;(H,6,7). The van der Waals surface area contributed by atoms with Crippen molar-refractivity contribution in [2.24, 2.45) is 0 Å². The van der Waals surface area contributed by atoms with E-state index in [1.165, 1.54) is 16.8 Å². The van der Waals surface area contributed by atoms with Crippen molar-refractivity contribution in [1.82, 2.24) is 24.8 Å². The second kappa shape index (κ2) is 10.6. The van der Waals surface area contributed by atoms with Crippen molar-refractivity contribution in [3.63, 3.8) is 0 Å². The Kier molecular flexibility index (Phi) is 8.35. The van der Waals surface area contributed by atoms with E-state index in [0.717, 1.165) is 6.42 Å². The first-order chi connectivity index (χ1) is 14.9. The van der Waals surface area contributed by atoms with Gasteiger partial charge in [0, 0.05) is 37.9 Å². The maximum absolute atomic E-state index is 12.2. The molecular formula is C18H24F3N5O6. The van der Waals surface area contributed by atoms with Crippen LogP contribution in [0.3, 0.4) is 0 Å². The molecule has 1 aliphatic heterocycles. The number of aromatic amines is 1. The molecule has 1 saturated heterocycles. The molecule has 11 nitrogen and oxygen atoms in total. The van der Waals surface area contributed by atoms with Crippen LogP contribution in [-0.4, -0.2) is 86.7 Å². The number of halogens is 3. The smallest absolute Gasteiger partial charge is 0.475 e. The maximum Gasteiger partial charge on any atom is 0.490 e. The molecule has 4 N–H and O–H groups in total. The highest BCUT2D eigenvalue weighted by atomic mass is 19.4. The van der Waals surface area contributed by atoms with Gasteiger partial charge in [-0.3, -0.25) is 14.8 Å². The van der Waals surface area contributed by atoms with Crippen molar-refractivity contribution < 1.29 is 37.7 Å². The zero-order chi connectivity index (χ0) is 24.1. The predicted molar refractivity (Wildman–Crippen MR) is 104 cm³/mol. The van der Waals surface area contributed by atoms with Gasteiger partial charge >= 0.3 is 18.1 Å². The topological polar surface area (TPSA) is 149 Å². The average molecular weight is 463 g/mol. The normalized spacial score (nSPS) is 18.9. The minimum absolute atomic E-state index is 0.236. The number of hydrogen-bond acceptors (Lipinski definition) is 8. The second-order valence-electron chi connectivity index (χ2n) is 7.07. The number of nitrogens with one attached hydrogen (secondary N) is 2. The predicted octanol–water partition coefficient (Wildman–Crippen LogP) is -0.0128. The van der Waals surface area contributed by atoms with E-state index in [2.05, 4.69) is 20.3 Å². The first-order valence-electron chi connectivity index (χ1n) is 9.60. The summed E-state index contributed by atoms with van der Waals surface area (Å²) in [6.07, 6.45) is -3.22. The van der Waals surface area contributed by atoms with Crippen LogP contribution in [-0.2, 0) is 16.1 Å². The first kappa shape index (κ1) is 25.3. The van der Waals surface area contributed by atoms with Crippen LogP contribution >= 0.6 is 0 Å². The molecule has 32 heavy (non-hydrogen) atoms. The molecule has 0 bridgehead atoms. The molecule has 1 aliphatic rings. The number of likely N-dealkylation sites (tertiary alicyclic amines) is 1. The number of aliphatic hydroxyl groups excluding tert-OH is 1. The third-order valence-corrected chi connectivity index (χ3v) is 4.64. The number of carboxylic acids is 1.